The van der Waals surface area contributed by atoms with Crippen molar-refractivity contribution in [2.45, 2.75) is 13.5 Å². The summed E-state index contributed by atoms with van der Waals surface area (Å²) in [6, 6.07) is 0. The number of amides is 1. The van der Waals surface area contributed by atoms with E-state index in [-0.39, 0.29) is 6.09 Å². The van der Waals surface area contributed by atoms with Crippen molar-refractivity contribution in [2.24, 2.45) is 5.73 Å². The Bertz CT molecular complexity index is 630. The lowest BCUT2D eigenvalue weighted by molar-refractivity contribution is 0.105. The van der Waals surface area contributed by atoms with Gasteiger partial charge < -0.3 is 20.3 Å². The largest absolute Gasteiger partial charge is 0.450 e. The lowest BCUT2D eigenvalue weighted by Crippen LogP contribution is -2.49. The number of carbonyl (C=O) groups is 1. The molecule has 7 nitrogen and oxygen atoms in total. The minimum absolute atomic E-state index is 0.234. The van der Waals surface area contributed by atoms with Crippen LogP contribution in [0.25, 0.3) is 4.96 Å². The minimum atomic E-state index is -0.234. The molecule has 3 rings (SSSR count). The zero-order valence-electron chi connectivity index (χ0n) is 12.0. The van der Waals surface area contributed by atoms with Crippen LogP contribution >= 0.6 is 11.3 Å². The number of aromatic nitrogens is 2. The molecule has 0 radical (unpaired) electrons. The molecule has 3 heterocycles. The molecule has 114 valence electrons. The van der Waals surface area contributed by atoms with E-state index in [0.717, 1.165) is 29.6 Å². The third-order valence-electron chi connectivity index (χ3n) is 3.64. The van der Waals surface area contributed by atoms with E-state index in [1.54, 1.807) is 16.2 Å². The second-order valence-electron chi connectivity index (χ2n) is 4.81. The molecule has 1 amide bonds. The second-order valence-corrected chi connectivity index (χ2v) is 5.69. The number of thiazole rings is 1. The summed E-state index contributed by atoms with van der Waals surface area (Å²) < 4.78 is 7.07. The Morgan fingerprint density at radius 1 is 1.43 bits per heavy atom. The second kappa shape index (κ2) is 5.90. The van der Waals surface area contributed by atoms with Crippen molar-refractivity contribution in [1.29, 1.82) is 0 Å². The maximum atomic E-state index is 11.7. The van der Waals surface area contributed by atoms with Crippen molar-refractivity contribution in [3.05, 3.63) is 17.3 Å². The monoisotopic (exact) mass is 309 g/mol. The molecule has 0 aromatic carbocycles. The number of hydrogen-bond donors (Lipinski definition) is 1. The van der Waals surface area contributed by atoms with Crippen molar-refractivity contribution in [2.75, 3.05) is 37.7 Å². The Morgan fingerprint density at radius 3 is 2.86 bits per heavy atom. The molecule has 0 aliphatic carbocycles. The summed E-state index contributed by atoms with van der Waals surface area (Å²) in [5.74, 6) is 0.938. The molecule has 0 atom stereocenters. The first kappa shape index (κ1) is 14.2. The van der Waals surface area contributed by atoms with Crippen LogP contribution in [-0.2, 0) is 11.3 Å². The standard InChI is InChI=1S/C13H19N5O2S/c1-2-20-13(19)17-5-3-16(4-6-17)11-10(9-14)18-7-8-21-12(18)15-11/h7-8H,2-6,9,14H2,1H3. The Hall–Kier alpha value is -1.80. The van der Waals surface area contributed by atoms with Crippen molar-refractivity contribution < 1.29 is 9.53 Å². The van der Waals surface area contributed by atoms with E-state index in [4.69, 9.17) is 10.5 Å². The van der Waals surface area contributed by atoms with Gasteiger partial charge in [0.05, 0.1) is 12.3 Å². The molecule has 0 unspecified atom stereocenters. The topological polar surface area (TPSA) is 76.1 Å². The zero-order valence-corrected chi connectivity index (χ0v) is 12.8. The van der Waals surface area contributed by atoms with E-state index in [0.29, 0.717) is 26.2 Å². The van der Waals surface area contributed by atoms with Crippen LogP contribution < -0.4 is 10.6 Å². The highest BCUT2D eigenvalue weighted by molar-refractivity contribution is 7.15. The first-order valence-corrected chi connectivity index (χ1v) is 7.93. The maximum absolute atomic E-state index is 11.7. The van der Waals surface area contributed by atoms with Gasteiger partial charge in [-0.3, -0.25) is 4.40 Å². The van der Waals surface area contributed by atoms with Crippen LogP contribution in [0.4, 0.5) is 10.6 Å². The zero-order chi connectivity index (χ0) is 14.8. The highest BCUT2D eigenvalue weighted by Crippen LogP contribution is 2.25. The Labute approximate surface area is 126 Å². The summed E-state index contributed by atoms with van der Waals surface area (Å²) in [6.45, 7) is 5.47. The SMILES string of the molecule is CCOC(=O)N1CCN(c2nc3sccn3c2CN)CC1. The molecular weight excluding hydrogens is 290 g/mol. The van der Waals surface area contributed by atoms with E-state index < -0.39 is 0 Å². The molecule has 0 saturated carbocycles. The van der Waals surface area contributed by atoms with Gasteiger partial charge >= 0.3 is 6.09 Å². The van der Waals surface area contributed by atoms with E-state index in [1.807, 2.05) is 22.9 Å². The number of anilines is 1. The van der Waals surface area contributed by atoms with E-state index in [9.17, 15) is 4.79 Å². The summed E-state index contributed by atoms with van der Waals surface area (Å²) >= 11 is 1.60. The normalized spacial score (nSPS) is 15.7. The highest BCUT2D eigenvalue weighted by atomic mass is 32.1. The Kier molecular flexibility index (Phi) is 3.98. The number of nitrogens with two attached hydrogens (primary N) is 1. The summed E-state index contributed by atoms with van der Waals surface area (Å²) in [5.41, 5.74) is 6.90. The molecule has 1 saturated heterocycles. The van der Waals surface area contributed by atoms with Crippen molar-refractivity contribution >= 4 is 28.2 Å². The number of imidazole rings is 1. The van der Waals surface area contributed by atoms with Gasteiger partial charge in [-0.2, -0.15) is 0 Å². The van der Waals surface area contributed by atoms with Gasteiger partial charge in [0.1, 0.15) is 0 Å². The lowest BCUT2D eigenvalue weighted by Gasteiger charge is -2.34. The molecule has 1 aliphatic heterocycles. The molecule has 0 spiro atoms. The molecule has 2 N–H and O–H groups in total. The van der Waals surface area contributed by atoms with Crippen LogP contribution in [0.2, 0.25) is 0 Å². The molecular formula is C13H19N5O2S. The summed E-state index contributed by atoms with van der Waals surface area (Å²) in [4.78, 5) is 21.3. The van der Waals surface area contributed by atoms with Crippen molar-refractivity contribution in [3.8, 4) is 0 Å². The average Bonchev–Trinajstić information content (AvgIpc) is 3.08. The van der Waals surface area contributed by atoms with Crippen LogP contribution in [0.3, 0.4) is 0 Å². The van der Waals surface area contributed by atoms with Gasteiger partial charge in [-0.15, -0.1) is 11.3 Å². The number of fused-ring (bicyclic) bond motifs is 1. The molecule has 1 fully saturated rings. The molecule has 1 aliphatic rings. The quantitative estimate of drug-likeness (QED) is 0.920. The third kappa shape index (κ3) is 2.56. The van der Waals surface area contributed by atoms with Crippen molar-refractivity contribution in [1.82, 2.24) is 14.3 Å². The number of hydrogen-bond acceptors (Lipinski definition) is 6. The third-order valence-corrected chi connectivity index (χ3v) is 4.40. The van der Waals surface area contributed by atoms with E-state index in [2.05, 4.69) is 9.88 Å². The lowest BCUT2D eigenvalue weighted by atomic mass is 10.3. The summed E-state index contributed by atoms with van der Waals surface area (Å²) in [5, 5.41) is 2.00. The fourth-order valence-electron chi connectivity index (χ4n) is 2.58. The number of rotatable bonds is 3. The number of piperazine rings is 1. The molecule has 2 aromatic heterocycles. The first-order valence-electron chi connectivity index (χ1n) is 7.05. The van der Waals surface area contributed by atoms with Gasteiger partial charge in [-0.05, 0) is 6.92 Å². The van der Waals surface area contributed by atoms with Crippen LogP contribution in [0.1, 0.15) is 12.6 Å². The molecule has 2 aromatic rings. The smallest absolute Gasteiger partial charge is 0.409 e. The number of carbonyl (C=O) groups excluding carboxylic acids is 1. The van der Waals surface area contributed by atoms with Crippen LogP contribution in [-0.4, -0.2) is 53.2 Å². The minimum Gasteiger partial charge on any atom is -0.450 e. The van der Waals surface area contributed by atoms with E-state index in [1.165, 1.54) is 0 Å². The van der Waals surface area contributed by atoms with Gasteiger partial charge in [0.25, 0.3) is 0 Å². The fraction of sp³-hybridized carbons (Fsp3) is 0.538. The summed E-state index contributed by atoms with van der Waals surface area (Å²) in [7, 11) is 0. The average molecular weight is 309 g/mol. The van der Waals surface area contributed by atoms with Gasteiger partial charge in [0, 0.05) is 44.3 Å². The van der Waals surface area contributed by atoms with Gasteiger partial charge in [-0.1, -0.05) is 0 Å². The first-order chi connectivity index (χ1) is 10.2. The van der Waals surface area contributed by atoms with Crippen molar-refractivity contribution in [3.63, 3.8) is 0 Å². The van der Waals surface area contributed by atoms with E-state index >= 15 is 0 Å². The van der Waals surface area contributed by atoms with Crippen LogP contribution in [0, 0.1) is 0 Å². The molecule has 0 bridgehead atoms. The predicted molar refractivity (Wildman–Crippen MR) is 81.8 cm³/mol. The maximum Gasteiger partial charge on any atom is 0.409 e. The fourth-order valence-corrected chi connectivity index (χ4v) is 3.31. The predicted octanol–water partition coefficient (Wildman–Crippen LogP) is 1.13. The van der Waals surface area contributed by atoms with Gasteiger partial charge in [0.15, 0.2) is 10.8 Å². The molecule has 21 heavy (non-hydrogen) atoms. The summed E-state index contributed by atoms with van der Waals surface area (Å²) in [6.07, 6.45) is 1.76. The van der Waals surface area contributed by atoms with Crippen LogP contribution in [0.15, 0.2) is 11.6 Å². The van der Waals surface area contributed by atoms with Gasteiger partial charge in [0.2, 0.25) is 0 Å². The van der Waals surface area contributed by atoms with Gasteiger partial charge in [-0.25, -0.2) is 9.78 Å². The number of nitrogens with zero attached hydrogens (tertiary/aromatic N) is 4. The van der Waals surface area contributed by atoms with Crippen LogP contribution in [0.5, 0.6) is 0 Å². The number of ether oxygens (including phenoxy) is 1. The Balaban J connectivity index is 1.73. The Morgan fingerprint density at radius 2 is 2.19 bits per heavy atom. The highest BCUT2D eigenvalue weighted by Gasteiger charge is 2.25. The molecule has 8 heteroatoms.